The maximum Gasteiger partial charge on any atom is 0.254 e. The molecule has 2 aromatic carbocycles. The summed E-state index contributed by atoms with van der Waals surface area (Å²) < 4.78 is 20.1. The first kappa shape index (κ1) is 19.9. The highest BCUT2D eigenvalue weighted by Crippen LogP contribution is 2.40. The summed E-state index contributed by atoms with van der Waals surface area (Å²) in [6.07, 6.45) is 1.36. The largest absolute Gasteiger partial charge is 0.486 e. The number of carbonyl (C=O) groups is 2. The molecular formula is C24H20ClFN2O3. The van der Waals surface area contributed by atoms with Crippen LogP contribution in [0.1, 0.15) is 45.7 Å². The molecule has 158 valence electrons. The first-order valence-electron chi connectivity index (χ1n) is 10.2. The van der Waals surface area contributed by atoms with Crippen LogP contribution in [0.15, 0.2) is 42.5 Å². The fraction of sp³-hybridized carbons (Fsp3) is 0.292. The van der Waals surface area contributed by atoms with E-state index in [2.05, 4.69) is 4.98 Å². The number of nitrogens with zero attached hydrogens (tertiary/aromatic N) is 2. The number of fused-ring (bicyclic) bond motifs is 2. The number of halogens is 2. The monoisotopic (exact) mass is 438 g/mol. The van der Waals surface area contributed by atoms with Crippen molar-refractivity contribution in [3.63, 3.8) is 0 Å². The molecule has 5 nitrogen and oxygen atoms in total. The molecule has 0 bridgehead atoms. The second-order valence-corrected chi connectivity index (χ2v) is 8.73. The van der Waals surface area contributed by atoms with Crippen LogP contribution in [-0.4, -0.2) is 40.3 Å². The maximum absolute atomic E-state index is 13.8. The lowest BCUT2D eigenvalue weighted by molar-refractivity contribution is -0.00566. The fourth-order valence-electron chi connectivity index (χ4n) is 4.54. The van der Waals surface area contributed by atoms with Crippen LogP contribution in [0.5, 0.6) is 5.75 Å². The number of carbonyl (C=O) groups excluding carboxylic acids is 2. The number of amides is 1. The number of rotatable bonds is 1. The second kappa shape index (κ2) is 7.31. The minimum Gasteiger partial charge on any atom is -0.486 e. The predicted octanol–water partition coefficient (Wildman–Crippen LogP) is 4.98. The molecule has 5 rings (SSSR count). The van der Waals surface area contributed by atoms with Crippen LogP contribution in [0.2, 0.25) is 5.02 Å². The molecule has 31 heavy (non-hydrogen) atoms. The highest BCUT2D eigenvalue weighted by molar-refractivity contribution is 6.31. The van der Waals surface area contributed by atoms with Crippen LogP contribution in [0.4, 0.5) is 4.39 Å². The van der Waals surface area contributed by atoms with Crippen molar-refractivity contribution in [2.75, 3.05) is 13.1 Å². The van der Waals surface area contributed by atoms with Crippen molar-refractivity contribution in [1.29, 1.82) is 0 Å². The van der Waals surface area contributed by atoms with Crippen LogP contribution in [0.25, 0.3) is 10.9 Å². The number of aryl methyl sites for hydroxylation is 1. The first-order valence-corrected chi connectivity index (χ1v) is 10.6. The zero-order valence-corrected chi connectivity index (χ0v) is 17.7. The number of hydrogen-bond donors (Lipinski definition) is 0. The second-order valence-electron chi connectivity index (χ2n) is 8.29. The Kier molecular flexibility index (Phi) is 4.70. The molecule has 3 heterocycles. The van der Waals surface area contributed by atoms with Crippen molar-refractivity contribution in [3.8, 4) is 5.75 Å². The van der Waals surface area contributed by atoms with E-state index >= 15 is 0 Å². The Morgan fingerprint density at radius 1 is 1.16 bits per heavy atom. The van der Waals surface area contributed by atoms with E-state index < -0.39 is 11.4 Å². The molecule has 0 unspecified atom stereocenters. The first-order chi connectivity index (χ1) is 14.8. The van der Waals surface area contributed by atoms with Gasteiger partial charge in [-0.3, -0.25) is 14.6 Å². The molecule has 1 aromatic heterocycles. The summed E-state index contributed by atoms with van der Waals surface area (Å²) in [6.45, 7) is 2.72. The number of piperidine rings is 1. The highest BCUT2D eigenvalue weighted by Gasteiger charge is 2.44. The molecule has 3 aromatic rings. The summed E-state index contributed by atoms with van der Waals surface area (Å²) in [5.74, 6) is -0.00985. The lowest BCUT2D eigenvalue weighted by Crippen LogP contribution is -2.52. The van der Waals surface area contributed by atoms with Gasteiger partial charge in [0.15, 0.2) is 5.78 Å². The Labute approximate surface area is 183 Å². The van der Waals surface area contributed by atoms with Crippen LogP contribution >= 0.6 is 11.6 Å². The van der Waals surface area contributed by atoms with Gasteiger partial charge in [0.1, 0.15) is 17.2 Å². The Morgan fingerprint density at radius 2 is 1.94 bits per heavy atom. The number of likely N-dealkylation sites (tertiary alicyclic amines) is 1. The number of pyridine rings is 1. The van der Waals surface area contributed by atoms with Crippen molar-refractivity contribution in [2.45, 2.75) is 31.8 Å². The number of aromatic nitrogens is 1. The lowest BCUT2D eigenvalue weighted by Gasteiger charge is -2.44. The van der Waals surface area contributed by atoms with Crippen molar-refractivity contribution < 1.29 is 18.7 Å². The molecule has 7 heteroatoms. The van der Waals surface area contributed by atoms with Crippen LogP contribution in [-0.2, 0) is 0 Å². The summed E-state index contributed by atoms with van der Waals surface area (Å²) >= 11 is 6.01. The van der Waals surface area contributed by atoms with Crippen molar-refractivity contribution in [1.82, 2.24) is 9.88 Å². The van der Waals surface area contributed by atoms with Crippen molar-refractivity contribution in [3.05, 3.63) is 70.1 Å². The molecule has 0 radical (unpaired) electrons. The molecule has 0 aliphatic carbocycles. The number of hydrogen-bond acceptors (Lipinski definition) is 4. The van der Waals surface area contributed by atoms with Crippen molar-refractivity contribution >= 4 is 34.2 Å². The summed E-state index contributed by atoms with van der Waals surface area (Å²) in [4.78, 5) is 32.2. The topological polar surface area (TPSA) is 59.5 Å². The van der Waals surface area contributed by atoms with Gasteiger partial charge in [-0.15, -0.1) is 0 Å². The molecule has 0 N–H and O–H groups in total. The van der Waals surface area contributed by atoms with Crippen LogP contribution in [0, 0.1) is 12.7 Å². The van der Waals surface area contributed by atoms with Crippen LogP contribution < -0.4 is 4.74 Å². The molecule has 0 atom stereocenters. The number of benzene rings is 2. The maximum atomic E-state index is 13.8. The Hall–Kier alpha value is -2.99. The minimum absolute atomic E-state index is 0.00903. The minimum atomic E-state index is -0.614. The Morgan fingerprint density at radius 3 is 2.71 bits per heavy atom. The third kappa shape index (κ3) is 3.55. The fourth-order valence-corrected chi connectivity index (χ4v) is 4.71. The third-order valence-electron chi connectivity index (χ3n) is 6.14. The molecule has 0 saturated carbocycles. The van der Waals surface area contributed by atoms with Gasteiger partial charge >= 0.3 is 0 Å². The van der Waals surface area contributed by atoms with E-state index in [1.54, 1.807) is 35.2 Å². The average molecular weight is 439 g/mol. The molecule has 1 spiro atoms. The van der Waals surface area contributed by atoms with E-state index in [0.717, 1.165) is 0 Å². The van der Waals surface area contributed by atoms with Gasteiger partial charge in [0.05, 0.1) is 23.1 Å². The molecule has 2 aliphatic heterocycles. The summed E-state index contributed by atoms with van der Waals surface area (Å²) in [7, 11) is 0. The summed E-state index contributed by atoms with van der Waals surface area (Å²) in [5, 5.41) is 1.01. The molecular weight excluding hydrogens is 419 g/mol. The Balaban J connectivity index is 1.39. The van der Waals surface area contributed by atoms with E-state index in [1.807, 2.05) is 6.92 Å². The number of Topliss-reactive ketones (excluding diaryl/α,β-unsaturated/α-hetero) is 1. The molecule has 1 fully saturated rings. The molecule has 2 aliphatic rings. The molecule has 1 amide bonds. The zero-order chi connectivity index (χ0) is 21.8. The van der Waals surface area contributed by atoms with Crippen molar-refractivity contribution in [2.24, 2.45) is 0 Å². The quantitative estimate of drug-likeness (QED) is 0.538. The van der Waals surface area contributed by atoms with Gasteiger partial charge in [-0.25, -0.2) is 4.39 Å². The standard InChI is InChI=1S/C24H20ClFN2O3/c1-14-10-18(17-12-16(26)3-4-20(17)27-14)23(30)28-8-6-24(7-9-28)13-21(29)19-11-15(25)2-5-22(19)31-24/h2-5,10-12H,6-9,13H2,1H3. The van der Waals surface area contributed by atoms with Gasteiger partial charge in [-0.2, -0.15) is 0 Å². The molecule has 1 saturated heterocycles. The van der Waals surface area contributed by atoms with Gasteiger partial charge in [-0.1, -0.05) is 11.6 Å². The normalized spacial score (nSPS) is 17.5. The van der Waals surface area contributed by atoms with E-state index in [0.29, 0.717) is 64.4 Å². The Bertz CT molecular complexity index is 1230. The smallest absolute Gasteiger partial charge is 0.254 e. The van der Waals surface area contributed by atoms with E-state index in [-0.39, 0.29) is 18.1 Å². The predicted molar refractivity (Wildman–Crippen MR) is 115 cm³/mol. The SMILES string of the molecule is Cc1cc(C(=O)N2CCC3(CC2)CC(=O)c2cc(Cl)ccc2O3)c2cc(F)ccc2n1. The summed E-state index contributed by atoms with van der Waals surface area (Å²) in [6, 6.07) is 11.1. The number of ether oxygens (including phenoxy) is 1. The lowest BCUT2D eigenvalue weighted by atomic mass is 9.82. The zero-order valence-electron chi connectivity index (χ0n) is 17.0. The third-order valence-corrected chi connectivity index (χ3v) is 6.38. The van der Waals surface area contributed by atoms with Gasteiger partial charge < -0.3 is 9.64 Å². The van der Waals surface area contributed by atoms with Gasteiger partial charge in [0.2, 0.25) is 0 Å². The van der Waals surface area contributed by atoms with E-state index in [4.69, 9.17) is 16.3 Å². The average Bonchev–Trinajstić information content (AvgIpc) is 2.74. The summed E-state index contributed by atoms with van der Waals surface area (Å²) in [5.41, 5.74) is 1.63. The number of ketones is 1. The van der Waals surface area contributed by atoms with E-state index in [1.165, 1.54) is 12.1 Å². The van der Waals surface area contributed by atoms with Gasteiger partial charge in [0.25, 0.3) is 5.91 Å². The van der Waals surface area contributed by atoms with E-state index in [9.17, 15) is 14.0 Å². The van der Waals surface area contributed by atoms with Gasteiger partial charge in [0, 0.05) is 42.0 Å². The van der Waals surface area contributed by atoms with Crippen LogP contribution in [0.3, 0.4) is 0 Å². The highest BCUT2D eigenvalue weighted by atomic mass is 35.5. The van der Waals surface area contributed by atoms with Gasteiger partial charge in [-0.05, 0) is 49.4 Å².